The van der Waals surface area contributed by atoms with E-state index in [1.165, 1.54) is 0 Å². The maximum absolute atomic E-state index is 12.7. The predicted octanol–water partition coefficient (Wildman–Crippen LogP) is 0.813. The molecule has 0 heterocycles. The van der Waals surface area contributed by atoms with Gasteiger partial charge in [0.15, 0.2) is 0 Å². The number of nitrogens with zero attached hydrogens (tertiary/aromatic N) is 1. The average molecular weight is 432 g/mol. The zero-order chi connectivity index (χ0) is 23.4. The maximum Gasteiger partial charge on any atom is 0.328 e. The Morgan fingerprint density at radius 2 is 1.63 bits per heavy atom. The molecule has 30 heavy (non-hydrogen) atoms. The van der Waals surface area contributed by atoms with E-state index in [-0.39, 0.29) is 25.2 Å². The summed E-state index contributed by atoms with van der Waals surface area (Å²) in [4.78, 5) is 48.0. The van der Waals surface area contributed by atoms with Crippen LogP contribution in [0.2, 0.25) is 0 Å². The molecule has 0 aromatic rings. The molecule has 10 heteroatoms. The van der Waals surface area contributed by atoms with Gasteiger partial charge in [-0.3, -0.25) is 19.4 Å². The van der Waals surface area contributed by atoms with Gasteiger partial charge in [-0.1, -0.05) is 27.7 Å². The Morgan fingerprint density at radius 1 is 1.03 bits per heavy atom. The zero-order valence-electron chi connectivity index (χ0n) is 18.6. The molecule has 0 aliphatic heterocycles. The van der Waals surface area contributed by atoms with Crippen LogP contribution in [0.4, 0.5) is 0 Å². The molecule has 2 amide bonds. The highest BCUT2D eigenvalue weighted by atomic mass is 16.5. The van der Waals surface area contributed by atoms with E-state index in [0.29, 0.717) is 12.3 Å². The smallest absolute Gasteiger partial charge is 0.328 e. The number of nitrogens with two attached hydrogens (primary N) is 1. The molecule has 5 N–H and O–H groups in total. The second-order valence-electron chi connectivity index (χ2n) is 8.29. The van der Waals surface area contributed by atoms with Crippen molar-refractivity contribution in [2.75, 3.05) is 7.11 Å². The van der Waals surface area contributed by atoms with Crippen LogP contribution in [0.3, 0.4) is 0 Å². The van der Waals surface area contributed by atoms with Gasteiger partial charge in [0.2, 0.25) is 11.8 Å². The number of aliphatic hydroxyl groups excluding tert-OH is 1. The van der Waals surface area contributed by atoms with Crippen molar-refractivity contribution in [1.29, 1.82) is 0 Å². The van der Waals surface area contributed by atoms with Crippen LogP contribution in [0.25, 0.3) is 0 Å². The number of methoxy groups -OCH3 is 1. The number of ether oxygens (including phenoxy) is 1. The first-order valence-corrected chi connectivity index (χ1v) is 10.2. The van der Waals surface area contributed by atoms with Crippen LogP contribution in [-0.2, 0) is 23.9 Å². The molecule has 0 fully saturated rings. The third-order valence-electron chi connectivity index (χ3n) is 4.57. The second-order valence-corrected chi connectivity index (χ2v) is 8.29. The Kier molecular flexibility index (Phi) is 12.9. The molecule has 0 rings (SSSR count). The van der Waals surface area contributed by atoms with Crippen molar-refractivity contribution < 1.29 is 34.1 Å². The maximum atomic E-state index is 12.7. The van der Waals surface area contributed by atoms with E-state index in [1.807, 2.05) is 27.7 Å². The molecule has 0 aromatic heterocycles. The number of aliphatic hydroxyl groups is 1. The molecule has 0 aliphatic rings. The summed E-state index contributed by atoms with van der Waals surface area (Å²) in [7, 11) is 1.08. The lowest BCUT2D eigenvalue weighted by Gasteiger charge is -2.29. The molecule has 174 valence electrons. The Hall–Kier alpha value is -2.20. The van der Waals surface area contributed by atoms with Crippen LogP contribution in [-0.4, -0.2) is 64.3 Å². The van der Waals surface area contributed by atoms with E-state index in [0.717, 1.165) is 18.5 Å². The van der Waals surface area contributed by atoms with E-state index in [2.05, 4.69) is 10.1 Å². The van der Waals surface area contributed by atoms with Gasteiger partial charge in [-0.05, 0) is 37.5 Å². The van der Waals surface area contributed by atoms with E-state index in [9.17, 15) is 24.3 Å². The molecule has 0 aromatic carbocycles. The summed E-state index contributed by atoms with van der Waals surface area (Å²) in [5.74, 6) is 2.89. The van der Waals surface area contributed by atoms with Crippen molar-refractivity contribution in [1.82, 2.24) is 10.3 Å². The number of nitrogens with one attached hydrogen (secondary N) is 1. The summed E-state index contributed by atoms with van der Waals surface area (Å²) in [6.07, 6.45) is 0.506. The first kappa shape index (κ1) is 27.8. The van der Waals surface area contributed by atoms with E-state index in [1.54, 1.807) is 0 Å². The number of rotatable bonds is 14. The highest BCUT2D eigenvalue weighted by Gasteiger charge is 2.33. The standard InChI is InChI=1S/C20H37N3O7/c1-12(2)6-7-14(24)8-9-17(25)23(21)16(10-13(3)4)19(28)22-15(11-18(26)27)20(29)30-5/h12-16,24H,6-11,21H2,1-5H3,(H,22,28)(H,26,27)/t14?,15-,16-/m0/s1. The molecule has 0 bridgehead atoms. The number of hydrazine groups is 1. The SMILES string of the molecule is COC(=O)[C@H](CC(=O)O)NC(=O)[C@H](CC(C)C)N(N)C(=O)CCC(O)CCC(C)C. The third-order valence-corrected chi connectivity index (χ3v) is 4.57. The summed E-state index contributed by atoms with van der Waals surface area (Å²) in [6, 6.07) is -2.48. The van der Waals surface area contributed by atoms with Gasteiger partial charge in [-0.2, -0.15) is 0 Å². The van der Waals surface area contributed by atoms with Gasteiger partial charge in [0.05, 0.1) is 19.6 Å². The Morgan fingerprint density at radius 3 is 2.10 bits per heavy atom. The fourth-order valence-electron chi connectivity index (χ4n) is 2.83. The van der Waals surface area contributed by atoms with Crippen molar-refractivity contribution in [3.63, 3.8) is 0 Å². The van der Waals surface area contributed by atoms with Crippen LogP contribution in [0, 0.1) is 11.8 Å². The summed E-state index contributed by atoms with van der Waals surface area (Å²) in [6.45, 7) is 7.76. The van der Waals surface area contributed by atoms with Gasteiger partial charge in [0.25, 0.3) is 0 Å². The minimum Gasteiger partial charge on any atom is -0.481 e. The van der Waals surface area contributed by atoms with Crippen LogP contribution in [0.15, 0.2) is 0 Å². The van der Waals surface area contributed by atoms with Gasteiger partial charge >= 0.3 is 11.9 Å². The van der Waals surface area contributed by atoms with Crippen molar-refractivity contribution in [3.8, 4) is 0 Å². The lowest BCUT2D eigenvalue weighted by Crippen LogP contribution is -2.56. The average Bonchev–Trinajstić information content (AvgIpc) is 2.66. The van der Waals surface area contributed by atoms with E-state index >= 15 is 0 Å². The largest absolute Gasteiger partial charge is 0.481 e. The molecular weight excluding hydrogens is 394 g/mol. The molecule has 0 spiro atoms. The van der Waals surface area contributed by atoms with Crippen LogP contribution >= 0.6 is 0 Å². The minimum absolute atomic E-state index is 0.00715. The van der Waals surface area contributed by atoms with E-state index < -0.39 is 48.4 Å². The fraction of sp³-hybridized carbons (Fsp3) is 0.800. The Bertz CT molecular complexity index is 581. The summed E-state index contributed by atoms with van der Waals surface area (Å²) < 4.78 is 4.53. The zero-order valence-corrected chi connectivity index (χ0v) is 18.6. The van der Waals surface area contributed by atoms with Crippen molar-refractivity contribution >= 4 is 23.8 Å². The van der Waals surface area contributed by atoms with Crippen molar-refractivity contribution in [2.24, 2.45) is 17.7 Å². The first-order valence-electron chi connectivity index (χ1n) is 10.2. The van der Waals surface area contributed by atoms with Gasteiger partial charge in [0, 0.05) is 6.42 Å². The number of carbonyl (C=O) groups is 4. The fourth-order valence-corrected chi connectivity index (χ4v) is 2.83. The molecule has 3 atom stereocenters. The molecule has 1 unspecified atom stereocenters. The molecule has 10 nitrogen and oxygen atoms in total. The van der Waals surface area contributed by atoms with Crippen molar-refractivity contribution in [2.45, 2.75) is 84.4 Å². The number of esters is 1. The second kappa shape index (κ2) is 13.9. The summed E-state index contributed by atoms with van der Waals surface area (Å²) in [5.41, 5.74) is 0. The minimum atomic E-state index is -1.39. The van der Waals surface area contributed by atoms with Gasteiger partial charge in [0.1, 0.15) is 12.1 Å². The van der Waals surface area contributed by atoms with Gasteiger partial charge in [-0.15, -0.1) is 0 Å². The highest BCUT2D eigenvalue weighted by Crippen LogP contribution is 2.15. The topological polar surface area (TPSA) is 159 Å². The first-order chi connectivity index (χ1) is 13.9. The highest BCUT2D eigenvalue weighted by molar-refractivity contribution is 5.92. The number of aliphatic carboxylic acids is 1. The molecule has 0 saturated carbocycles. The Labute approximate surface area is 178 Å². The number of carbonyl (C=O) groups excluding carboxylic acids is 3. The monoisotopic (exact) mass is 431 g/mol. The molecular formula is C20H37N3O7. The number of hydrogen-bond donors (Lipinski definition) is 4. The number of carboxylic acids is 1. The van der Waals surface area contributed by atoms with Crippen LogP contribution < -0.4 is 11.2 Å². The van der Waals surface area contributed by atoms with Crippen LogP contribution in [0.5, 0.6) is 0 Å². The predicted molar refractivity (Wildman–Crippen MR) is 110 cm³/mol. The third kappa shape index (κ3) is 11.1. The number of amides is 2. The lowest BCUT2D eigenvalue weighted by atomic mass is 10.00. The Balaban J connectivity index is 5.12. The lowest BCUT2D eigenvalue weighted by molar-refractivity contribution is -0.151. The quantitative estimate of drug-likeness (QED) is 0.136. The van der Waals surface area contributed by atoms with Crippen molar-refractivity contribution in [3.05, 3.63) is 0 Å². The molecule has 0 aliphatic carbocycles. The summed E-state index contributed by atoms with van der Waals surface area (Å²) >= 11 is 0. The van der Waals surface area contributed by atoms with Crippen LogP contribution in [0.1, 0.15) is 66.2 Å². The van der Waals surface area contributed by atoms with E-state index in [4.69, 9.17) is 10.9 Å². The normalized spacial score (nSPS) is 14.2. The molecule has 0 saturated heterocycles. The van der Waals surface area contributed by atoms with Gasteiger partial charge < -0.3 is 20.3 Å². The number of hydrogen-bond acceptors (Lipinski definition) is 7. The number of carboxylic acid groups (broad SMARTS) is 1. The molecule has 0 radical (unpaired) electrons. The summed E-state index contributed by atoms with van der Waals surface area (Å²) in [5, 5.41) is 22.1. The van der Waals surface area contributed by atoms with Gasteiger partial charge in [-0.25, -0.2) is 10.6 Å².